The zero-order valence-corrected chi connectivity index (χ0v) is 17.8. The van der Waals surface area contributed by atoms with Crippen molar-refractivity contribution in [2.24, 2.45) is 0 Å². The highest BCUT2D eigenvalue weighted by atomic mass is 31.0. The molecule has 0 spiro atoms. The fraction of sp³-hybridized carbons (Fsp3) is 0.571. The molecule has 0 radical (unpaired) electrons. The largest absolute Gasteiger partial charge is 0.504 e. The number of benzene rings is 1. The number of aromatic hydroxyl groups is 1. The van der Waals surface area contributed by atoms with Crippen LogP contribution in [0.3, 0.4) is 0 Å². The quantitative estimate of drug-likeness (QED) is 0.781. The highest BCUT2D eigenvalue weighted by molar-refractivity contribution is 7.18. The Hall–Kier alpha value is 0.340. The van der Waals surface area contributed by atoms with E-state index < -0.39 is 0 Å². The van der Waals surface area contributed by atoms with E-state index in [-0.39, 0.29) is 5.41 Å². The maximum Gasteiger partial charge on any atom is 0.162 e. The van der Waals surface area contributed by atoms with Gasteiger partial charge < -0.3 is 14.9 Å². The number of rotatable bonds is 6. The smallest absolute Gasteiger partial charge is 0.162 e. The van der Waals surface area contributed by atoms with Crippen molar-refractivity contribution in [1.82, 2.24) is 0 Å². The van der Waals surface area contributed by atoms with E-state index in [0.29, 0.717) is 5.75 Å². The summed E-state index contributed by atoms with van der Waals surface area (Å²) in [6.45, 7) is 6.60. The topological polar surface area (TPSA) is 26.7 Å². The Bertz CT molecular complexity index is 436. The second-order valence-corrected chi connectivity index (χ2v) is 7.38. The lowest BCUT2D eigenvalue weighted by Crippen LogP contribution is -2.24. The minimum Gasteiger partial charge on any atom is -0.504 e. The van der Waals surface area contributed by atoms with E-state index in [2.05, 4.69) is 79.7 Å². The molecule has 0 bridgehead atoms. The molecule has 1 aromatic carbocycles. The van der Waals surface area contributed by atoms with E-state index in [1.54, 1.807) is 0 Å². The Morgan fingerprint density at radius 1 is 0.857 bits per heavy atom. The van der Waals surface area contributed by atoms with E-state index in [4.69, 9.17) is 0 Å². The molecular formula is C14H28N2OP4. The van der Waals surface area contributed by atoms with Crippen molar-refractivity contribution in [2.45, 2.75) is 26.2 Å². The van der Waals surface area contributed by atoms with Crippen molar-refractivity contribution in [1.29, 1.82) is 0 Å². The molecule has 0 aliphatic rings. The Labute approximate surface area is 138 Å². The molecule has 0 aliphatic carbocycles. The van der Waals surface area contributed by atoms with Crippen LogP contribution >= 0.6 is 37.0 Å². The van der Waals surface area contributed by atoms with Crippen LogP contribution in [-0.4, -0.2) is 30.2 Å². The summed E-state index contributed by atoms with van der Waals surface area (Å²) in [4.78, 5) is 4.26. The van der Waals surface area contributed by atoms with Crippen LogP contribution < -0.4 is 9.80 Å². The van der Waals surface area contributed by atoms with Gasteiger partial charge in [0, 0.05) is 25.1 Å². The monoisotopic (exact) mass is 364 g/mol. The van der Waals surface area contributed by atoms with Crippen molar-refractivity contribution in [3.05, 3.63) is 17.7 Å². The van der Waals surface area contributed by atoms with Crippen LogP contribution in [0.1, 0.15) is 26.3 Å². The first kappa shape index (κ1) is 19.4. The molecule has 1 rings (SSSR count). The SMILES string of the molecule is CC(C)(C)c1cc(N(CP)CP)c(O)c(N(CP)CP)c1. The predicted octanol–water partition coefficient (Wildman–Crippen LogP) is 3.63. The van der Waals surface area contributed by atoms with Gasteiger partial charge in [0.2, 0.25) is 0 Å². The minimum atomic E-state index is 0.0398. The van der Waals surface area contributed by atoms with Crippen LogP contribution in [0.5, 0.6) is 5.75 Å². The van der Waals surface area contributed by atoms with Gasteiger partial charge in [-0.2, -0.15) is 0 Å². The number of phenolic OH excluding ortho intramolecular Hbond substituents is 1. The van der Waals surface area contributed by atoms with E-state index in [1.807, 2.05) is 0 Å². The molecule has 1 aromatic rings. The molecule has 0 heterocycles. The van der Waals surface area contributed by atoms with Gasteiger partial charge in [-0.25, -0.2) is 0 Å². The number of anilines is 2. The molecule has 4 unspecified atom stereocenters. The highest BCUT2D eigenvalue weighted by Crippen LogP contribution is 2.42. The second-order valence-electron chi connectivity index (χ2n) is 5.92. The third-order valence-corrected chi connectivity index (χ3v) is 5.26. The Morgan fingerprint density at radius 3 is 1.43 bits per heavy atom. The van der Waals surface area contributed by atoms with Crippen LogP contribution in [-0.2, 0) is 5.41 Å². The van der Waals surface area contributed by atoms with Gasteiger partial charge in [-0.15, -0.1) is 37.0 Å². The fourth-order valence-corrected chi connectivity index (χ4v) is 4.04. The first-order chi connectivity index (χ1) is 9.79. The standard InChI is InChI=1S/C14H28N2OP4/c1-14(2,3)10-4-11(15(6-18)7-19)13(17)12(5-10)16(8-20)9-21/h4-5,17H,6-9,18-21H2,1-3H3. The van der Waals surface area contributed by atoms with Gasteiger partial charge in [0.05, 0.1) is 11.4 Å². The van der Waals surface area contributed by atoms with E-state index in [0.717, 1.165) is 36.5 Å². The zero-order valence-electron chi connectivity index (χ0n) is 13.1. The summed E-state index contributed by atoms with van der Waals surface area (Å²) in [5.74, 6) is 0.359. The van der Waals surface area contributed by atoms with Gasteiger partial charge in [0.25, 0.3) is 0 Å². The molecule has 0 saturated heterocycles. The summed E-state index contributed by atoms with van der Waals surface area (Å²) in [5.41, 5.74) is 3.06. The molecule has 0 amide bonds. The van der Waals surface area contributed by atoms with Crippen LogP contribution in [0.2, 0.25) is 0 Å². The van der Waals surface area contributed by atoms with Gasteiger partial charge >= 0.3 is 0 Å². The lowest BCUT2D eigenvalue weighted by atomic mass is 9.86. The van der Waals surface area contributed by atoms with E-state index in [9.17, 15) is 5.11 Å². The molecular weight excluding hydrogens is 336 g/mol. The van der Waals surface area contributed by atoms with Crippen LogP contribution in [0.4, 0.5) is 11.4 Å². The van der Waals surface area contributed by atoms with Crippen molar-refractivity contribution in [3.63, 3.8) is 0 Å². The first-order valence-electron chi connectivity index (χ1n) is 6.97. The van der Waals surface area contributed by atoms with E-state index >= 15 is 0 Å². The number of nitrogens with zero attached hydrogens (tertiary/aromatic N) is 2. The summed E-state index contributed by atoms with van der Waals surface area (Å²) in [7, 11) is 10.9. The summed E-state index contributed by atoms with van der Waals surface area (Å²) in [5, 5.41) is 10.7. The fourth-order valence-electron chi connectivity index (χ4n) is 2.06. The molecule has 0 saturated carbocycles. The second kappa shape index (κ2) is 8.26. The van der Waals surface area contributed by atoms with Crippen molar-refractivity contribution < 1.29 is 5.11 Å². The molecule has 21 heavy (non-hydrogen) atoms. The average molecular weight is 364 g/mol. The van der Waals surface area contributed by atoms with Crippen molar-refractivity contribution in [3.8, 4) is 5.75 Å². The van der Waals surface area contributed by atoms with Gasteiger partial charge in [0.15, 0.2) is 5.75 Å². The Morgan fingerprint density at radius 2 is 1.19 bits per heavy atom. The number of phenols is 1. The van der Waals surface area contributed by atoms with Gasteiger partial charge in [-0.1, -0.05) is 20.8 Å². The van der Waals surface area contributed by atoms with Crippen molar-refractivity contribution in [2.75, 3.05) is 34.9 Å². The zero-order chi connectivity index (χ0) is 16.2. The third-order valence-electron chi connectivity index (χ3n) is 3.50. The lowest BCUT2D eigenvalue weighted by Gasteiger charge is -2.31. The maximum absolute atomic E-state index is 10.7. The molecule has 120 valence electrons. The first-order valence-corrected chi connectivity index (χ1v) is 10.2. The molecule has 7 heteroatoms. The van der Waals surface area contributed by atoms with Crippen LogP contribution in [0.25, 0.3) is 0 Å². The molecule has 1 N–H and O–H groups in total. The van der Waals surface area contributed by atoms with E-state index in [1.165, 1.54) is 5.56 Å². The number of hydrogen-bond acceptors (Lipinski definition) is 3. The predicted molar refractivity (Wildman–Crippen MR) is 110 cm³/mol. The Balaban J connectivity index is 3.53. The summed E-state index contributed by atoms with van der Waals surface area (Å²) in [6.07, 6.45) is 3.13. The van der Waals surface area contributed by atoms with Crippen LogP contribution in [0, 0.1) is 0 Å². The van der Waals surface area contributed by atoms with Crippen LogP contribution in [0.15, 0.2) is 12.1 Å². The molecule has 0 fully saturated rings. The molecule has 0 aromatic heterocycles. The normalized spacial score (nSPS) is 11.6. The number of hydrogen-bond donors (Lipinski definition) is 1. The van der Waals surface area contributed by atoms with Gasteiger partial charge in [-0.3, -0.25) is 0 Å². The lowest BCUT2D eigenvalue weighted by molar-refractivity contribution is 0.474. The summed E-state index contributed by atoms with van der Waals surface area (Å²) in [6, 6.07) is 4.22. The minimum absolute atomic E-state index is 0.0398. The molecule has 3 nitrogen and oxygen atoms in total. The summed E-state index contributed by atoms with van der Waals surface area (Å²) < 4.78 is 0. The van der Waals surface area contributed by atoms with Gasteiger partial charge in [-0.05, 0) is 23.1 Å². The van der Waals surface area contributed by atoms with Crippen molar-refractivity contribution >= 4 is 48.3 Å². The highest BCUT2D eigenvalue weighted by Gasteiger charge is 2.22. The molecule has 0 aliphatic heterocycles. The average Bonchev–Trinajstić information content (AvgIpc) is 2.43. The maximum atomic E-state index is 10.7. The Kier molecular flexibility index (Phi) is 7.63. The third kappa shape index (κ3) is 4.65. The summed E-state index contributed by atoms with van der Waals surface area (Å²) >= 11 is 0. The molecule has 4 atom stereocenters. The van der Waals surface area contributed by atoms with Gasteiger partial charge in [0.1, 0.15) is 0 Å².